The Kier molecular flexibility index (Phi) is 9.74. The Morgan fingerprint density at radius 1 is 1.15 bits per heavy atom. The second-order valence-corrected chi connectivity index (χ2v) is 6.99. The van der Waals surface area contributed by atoms with Gasteiger partial charge in [0.2, 0.25) is 11.2 Å². The smallest absolute Gasteiger partial charge is 0.264 e. The van der Waals surface area contributed by atoms with Gasteiger partial charge in [-0.1, -0.05) is 19.9 Å². The fourth-order valence-corrected chi connectivity index (χ4v) is 3.47. The van der Waals surface area contributed by atoms with Crippen LogP contribution in [-0.2, 0) is 9.59 Å². The van der Waals surface area contributed by atoms with Crippen LogP contribution in [0.5, 0.6) is 0 Å². The summed E-state index contributed by atoms with van der Waals surface area (Å²) < 4.78 is 0. The number of hydrogen-bond donors (Lipinski definition) is 3. The molecule has 0 spiro atoms. The molecule has 3 rings (SSSR count). The molecule has 11 heteroatoms. The van der Waals surface area contributed by atoms with Gasteiger partial charge in [0.25, 0.3) is 11.8 Å². The van der Waals surface area contributed by atoms with E-state index < -0.39 is 23.8 Å². The molecule has 2 heterocycles. The highest BCUT2D eigenvalue weighted by molar-refractivity contribution is 6.28. The minimum absolute atomic E-state index is 0.0509. The number of aromatic nitrogens is 2. The van der Waals surface area contributed by atoms with Crippen LogP contribution >= 0.6 is 11.6 Å². The van der Waals surface area contributed by atoms with Gasteiger partial charge in [-0.05, 0) is 36.2 Å². The second-order valence-electron chi connectivity index (χ2n) is 6.65. The molecule has 1 aliphatic rings. The average Bonchev–Trinajstić information content (AvgIpc) is 3.09. The maximum atomic E-state index is 13.1. The Balaban J connectivity index is 0.00000187. The molecule has 176 valence electrons. The summed E-state index contributed by atoms with van der Waals surface area (Å²) in [5.74, 6) is -1.07. The number of rotatable bonds is 10. The van der Waals surface area contributed by atoms with E-state index in [0.717, 1.165) is 4.90 Å². The minimum atomic E-state index is -1.06. The van der Waals surface area contributed by atoms with Gasteiger partial charge < -0.3 is 20.7 Å². The molecule has 1 unspecified atom stereocenters. The molecular weight excluding hydrogens is 448 g/mol. The summed E-state index contributed by atoms with van der Waals surface area (Å²) in [6, 6.07) is 5.51. The molecule has 1 aliphatic heterocycles. The van der Waals surface area contributed by atoms with Crippen molar-refractivity contribution in [1.29, 1.82) is 0 Å². The Labute approximate surface area is 197 Å². The van der Waals surface area contributed by atoms with Crippen molar-refractivity contribution >= 4 is 47.1 Å². The van der Waals surface area contributed by atoms with Crippen molar-refractivity contribution in [1.82, 2.24) is 20.2 Å². The highest BCUT2D eigenvalue weighted by atomic mass is 35.5. The van der Waals surface area contributed by atoms with E-state index in [2.05, 4.69) is 25.9 Å². The number of amides is 3. The van der Waals surface area contributed by atoms with Gasteiger partial charge in [-0.25, -0.2) is 9.97 Å². The number of anilines is 2. The maximum absolute atomic E-state index is 13.1. The topological polar surface area (TPSA) is 133 Å². The summed E-state index contributed by atoms with van der Waals surface area (Å²) in [5, 5.41) is 8.78. The lowest BCUT2D eigenvalue weighted by molar-refractivity contribution is -0.124. The van der Waals surface area contributed by atoms with Gasteiger partial charge in [0.15, 0.2) is 0 Å². The lowest BCUT2D eigenvalue weighted by atomic mass is 10.1. The summed E-state index contributed by atoms with van der Waals surface area (Å²) >= 11 is 5.75. The van der Waals surface area contributed by atoms with Gasteiger partial charge in [-0.3, -0.25) is 19.3 Å². The summed E-state index contributed by atoms with van der Waals surface area (Å²) in [5.41, 5.74) is 0.898. The first-order valence-corrected chi connectivity index (χ1v) is 11.0. The fourth-order valence-electron chi connectivity index (χ4n) is 3.32. The molecule has 0 saturated heterocycles. The third-order valence-corrected chi connectivity index (χ3v) is 4.92. The molecule has 0 bridgehead atoms. The first-order chi connectivity index (χ1) is 16.0. The van der Waals surface area contributed by atoms with Crippen LogP contribution in [0.2, 0.25) is 5.28 Å². The van der Waals surface area contributed by atoms with Crippen LogP contribution in [0.1, 0.15) is 47.4 Å². The quantitative estimate of drug-likeness (QED) is 0.207. The first kappa shape index (κ1) is 25.7. The molecule has 2 aromatic rings. The Morgan fingerprint density at radius 2 is 1.88 bits per heavy atom. The maximum Gasteiger partial charge on any atom is 0.264 e. The molecule has 1 aromatic heterocycles. The SMILES string of the molecule is CC.CNC(=O)C(CCC=O)N1C(=O)c2cccc(NCCNc3ccnc(Cl)n3)c2C1=O. The molecular formula is C22H27ClN6O4. The zero-order chi connectivity index (χ0) is 24.4. The monoisotopic (exact) mass is 474 g/mol. The van der Waals surface area contributed by atoms with E-state index >= 15 is 0 Å². The Bertz CT molecular complexity index is 1020. The van der Waals surface area contributed by atoms with Gasteiger partial charge in [-0.2, -0.15) is 0 Å². The van der Waals surface area contributed by atoms with Gasteiger partial charge >= 0.3 is 0 Å². The molecule has 10 nitrogen and oxygen atoms in total. The molecule has 33 heavy (non-hydrogen) atoms. The van der Waals surface area contributed by atoms with Crippen LogP contribution in [0.3, 0.4) is 0 Å². The third kappa shape index (κ3) is 6.04. The molecule has 3 amide bonds. The number of imide groups is 1. The molecule has 0 fully saturated rings. The van der Waals surface area contributed by atoms with E-state index in [4.69, 9.17) is 11.6 Å². The summed E-state index contributed by atoms with van der Waals surface area (Å²) in [4.78, 5) is 57.8. The van der Waals surface area contributed by atoms with Gasteiger partial charge in [-0.15, -0.1) is 0 Å². The molecule has 0 radical (unpaired) electrons. The predicted molar refractivity (Wildman–Crippen MR) is 125 cm³/mol. The molecule has 3 N–H and O–H groups in total. The number of hydrogen-bond acceptors (Lipinski definition) is 8. The van der Waals surface area contributed by atoms with Gasteiger partial charge in [0.1, 0.15) is 18.1 Å². The standard InChI is InChI=1S/C20H21ClN6O4.C2H6/c1-22-17(29)14(6-3-11-28)27-18(30)12-4-2-5-13(16(12)19(27)31)23-9-10-24-15-7-8-25-20(21)26-15;1-2/h2,4-5,7-8,11,14,23H,3,6,9-10H2,1H3,(H,22,29)(H,24,25,26);1-2H3. The Morgan fingerprint density at radius 3 is 2.55 bits per heavy atom. The average molecular weight is 475 g/mol. The summed E-state index contributed by atoms with van der Waals surface area (Å²) in [6.45, 7) is 4.88. The summed E-state index contributed by atoms with van der Waals surface area (Å²) in [7, 11) is 1.42. The Hall–Kier alpha value is -3.53. The van der Waals surface area contributed by atoms with Crippen molar-refractivity contribution in [3.8, 4) is 0 Å². The highest BCUT2D eigenvalue weighted by Gasteiger charge is 2.43. The van der Waals surface area contributed by atoms with Gasteiger partial charge in [0, 0.05) is 38.4 Å². The van der Waals surface area contributed by atoms with E-state index in [1.165, 1.54) is 13.2 Å². The predicted octanol–water partition coefficient (Wildman–Crippen LogP) is 2.37. The number of likely N-dealkylation sites (N-methyl/N-ethyl adjacent to an activating group) is 1. The van der Waals surface area contributed by atoms with Crippen LogP contribution in [0, 0.1) is 0 Å². The molecule has 0 aliphatic carbocycles. The highest BCUT2D eigenvalue weighted by Crippen LogP contribution is 2.31. The molecule has 1 atom stereocenters. The number of nitrogens with zero attached hydrogens (tertiary/aromatic N) is 3. The van der Waals surface area contributed by atoms with Crippen molar-refractivity contribution in [2.45, 2.75) is 32.7 Å². The van der Waals surface area contributed by atoms with Crippen LogP contribution < -0.4 is 16.0 Å². The van der Waals surface area contributed by atoms with Crippen molar-refractivity contribution in [3.05, 3.63) is 46.9 Å². The second kappa shape index (κ2) is 12.5. The van der Waals surface area contributed by atoms with E-state index in [0.29, 0.717) is 30.9 Å². The van der Waals surface area contributed by atoms with Crippen molar-refractivity contribution in [3.63, 3.8) is 0 Å². The largest absolute Gasteiger partial charge is 0.383 e. The van der Waals surface area contributed by atoms with Crippen LogP contribution in [-0.4, -0.2) is 65.1 Å². The molecule has 1 aromatic carbocycles. The van der Waals surface area contributed by atoms with E-state index in [1.54, 1.807) is 24.3 Å². The lowest BCUT2D eigenvalue weighted by Crippen LogP contribution is -2.48. The third-order valence-electron chi connectivity index (χ3n) is 4.74. The number of benzene rings is 1. The summed E-state index contributed by atoms with van der Waals surface area (Å²) in [6.07, 6.45) is 2.29. The minimum Gasteiger partial charge on any atom is -0.383 e. The zero-order valence-corrected chi connectivity index (χ0v) is 19.5. The normalized spacial score (nSPS) is 12.9. The van der Waals surface area contributed by atoms with Crippen molar-refractivity contribution < 1.29 is 19.2 Å². The number of carbonyl (C=O) groups excluding carboxylic acids is 4. The van der Waals surface area contributed by atoms with Crippen LogP contribution in [0.25, 0.3) is 0 Å². The number of carbonyl (C=O) groups is 4. The fraction of sp³-hybridized carbons (Fsp3) is 0.364. The molecule has 0 saturated carbocycles. The zero-order valence-electron chi connectivity index (χ0n) is 18.7. The van der Waals surface area contributed by atoms with E-state index in [-0.39, 0.29) is 29.3 Å². The van der Waals surface area contributed by atoms with Crippen molar-refractivity contribution in [2.75, 3.05) is 30.8 Å². The van der Waals surface area contributed by atoms with Crippen molar-refractivity contribution in [2.24, 2.45) is 0 Å². The van der Waals surface area contributed by atoms with Crippen LogP contribution in [0.15, 0.2) is 30.5 Å². The lowest BCUT2D eigenvalue weighted by Gasteiger charge is -2.24. The number of nitrogens with one attached hydrogen (secondary N) is 3. The first-order valence-electron chi connectivity index (χ1n) is 10.6. The number of halogens is 1. The number of aldehydes is 1. The van der Waals surface area contributed by atoms with Gasteiger partial charge in [0.05, 0.1) is 11.1 Å². The number of fused-ring (bicyclic) bond motifs is 1. The van der Waals surface area contributed by atoms with Crippen LogP contribution in [0.4, 0.5) is 11.5 Å². The van der Waals surface area contributed by atoms with E-state index in [1.807, 2.05) is 13.8 Å². The van der Waals surface area contributed by atoms with E-state index in [9.17, 15) is 19.2 Å².